The largest absolute Gasteiger partial charge is 0.356 e. The summed E-state index contributed by atoms with van der Waals surface area (Å²) >= 11 is 0. The highest BCUT2D eigenvalue weighted by atomic mass is 16.2. The summed E-state index contributed by atoms with van der Waals surface area (Å²) < 4.78 is 4.71. The molecule has 0 spiro atoms. The van der Waals surface area contributed by atoms with Crippen LogP contribution in [0.15, 0.2) is 70.4 Å². The van der Waals surface area contributed by atoms with Crippen molar-refractivity contribution < 1.29 is 0 Å². The maximum atomic E-state index is 13.3. The number of hydrogen-bond acceptors (Lipinski definition) is 3. The van der Waals surface area contributed by atoms with E-state index in [2.05, 4.69) is 32.9 Å². The fraction of sp³-hybridized carbons (Fsp3) is 0.217. The molecule has 2 aromatic heterocycles. The molecule has 3 heterocycles. The summed E-state index contributed by atoms with van der Waals surface area (Å²) in [5, 5.41) is 3.92. The molecule has 0 saturated heterocycles. The molecule has 0 bridgehead atoms. The molecule has 2 aromatic carbocycles. The average molecular weight is 401 g/mol. The number of nitrogens with zero attached hydrogens (tertiary/aromatic N) is 4. The number of para-hydroxylation sites is 2. The third kappa shape index (κ3) is 2.86. The van der Waals surface area contributed by atoms with Gasteiger partial charge < -0.3 is 9.47 Å². The van der Waals surface area contributed by atoms with E-state index >= 15 is 0 Å². The van der Waals surface area contributed by atoms with Crippen LogP contribution in [0.2, 0.25) is 0 Å². The molecule has 0 radical (unpaired) electrons. The summed E-state index contributed by atoms with van der Waals surface area (Å²) in [6.45, 7) is 1.47. The Morgan fingerprint density at radius 2 is 1.67 bits per heavy atom. The smallest absolute Gasteiger partial charge is 0.350 e. The Bertz CT molecular complexity index is 1380. The molecule has 0 fully saturated rings. The van der Waals surface area contributed by atoms with E-state index in [1.165, 1.54) is 9.25 Å². The molecule has 152 valence electrons. The lowest BCUT2D eigenvalue weighted by Gasteiger charge is -2.27. The topological polar surface area (TPSA) is 68.0 Å². The Kier molecular flexibility index (Phi) is 4.33. The number of nitrogens with one attached hydrogen (secondary N) is 1. The van der Waals surface area contributed by atoms with Crippen molar-refractivity contribution in [2.45, 2.75) is 6.42 Å². The summed E-state index contributed by atoms with van der Waals surface area (Å²) in [5.74, 6) is 0. The number of benzene rings is 2. The summed E-state index contributed by atoms with van der Waals surface area (Å²) in [5.41, 5.74) is 3.89. The number of hydrogen-bond donors (Lipinski definition) is 1. The van der Waals surface area contributed by atoms with Crippen molar-refractivity contribution in [1.82, 2.24) is 23.8 Å². The normalized spacial score (nSPS) is 15.3. The molecule has 0 amide bonds. The van der Waals surface area contributed by atoms with E-state index in [4.69, 9.17) is 0 Å². The van der Waals surface area contributed by atoms with Gasteiger partial charge in [-0.15, -0.1) is 0 Å². The average Bonchev–Trinajstić information content (AvgIpc) is 3.25. The van der Waals surface area contributed by atoms with Gasteiger partial charge in [0.1, 0.15) is 0 Å². The van der Waals surface area contributed by atoms with Gasteiger partial charge >= 0.3 is 11.4 Å². The van der Waals surface area contributed by atoms with Crippen molar-refractivity contribution in [3.63, 3.8) is 0 Å². The number of likely N-dealkylation sites (N-methyl/N-ethyl adjacent to an activating group) is 1. The number of aromatic amines is 1. The van der Waals surface area contributed by atoms with E-state index in [0.717, 1.165) is 40.7 Å². The van der Waals surface area contributed by atoms with E-state index < -0.39 is 5.69 Å². The fourth-order valence-electron chi connectivity index (χ4n) is 4.32. The zero-order valence-electron chi connectivity index (χ0n) is 17.0. The quantitative estimate of drug-likeness (QED) is 0.574. The van der Waals surface area contributed by atoms with Gasteiger partial charge in [0.2, 0.25) is 0 Å². The molecule has 0 aliphatic carbocycles. The van der Waals surface area contributed by atoms with Crippen LogP contribution in [0.3, 0.4) is 0 Å². The third-order valence-corrected chi connectivity index (χ3v) is 5.81. The van der Waals surface area contributed by atoms with Crippen LogP contribution in [0, 0.1) is 0 Å². The van der Waals surface area contributed by atoms with Gasteiger partial charge in [-0.25, -0.2) is 23.9 Å². The highest BCUT2D eigenvalue weighted by Gasteiger charge is 2.25. The Labute approximate surface area is 173 Å². The molecule has 7 nitrogen and oxygen atoms in total. The minimum atomic E-state index is -0.441. The van der Waals surface area contributed by atoms with Gasteiger partial charge in [-0.05, 0) is 37.2 Å². The lowest BCUT2D eigenvalue weighted by atomic mass is 9.97. The van der Waals surface area contributed by atoms with Gasteiger partial charge in [0.25, 0.3) is 0 Å². The third-order valence-electron chi connectivity index (χ3n) is 5.81. The van der Waals surface area contributed by atoms with Crippen molar-refractivity contribution >= 4 is 22.2 Å². The molecule has 30 heavy (non-hydrogen) atoms. The second kappa shape index (κ2) is 7.03. The molecule has 4 aromatic rings. The van der Waals surface area contributed by atoms with Gasteiger partial charge in [-0.2, -0.15) is 0 Å². The molecular formula is C23H23N5O2. The number of H-pyrrole nitrogens is 1. The minimum Gasteiger partial charge on any atom is -0.350 e. The maximum absolute atomic E-state index is 13.3. The Morgan fingerprint density at radius 1 is 0.933 bits per heavy atom. The zero-order chi connectivity index (χ0) is 20.8. The van der Waals surface area contributed by atoms with E-state index in [9.17, 15) is 9.59 Å². The summed E-state index contributed by atoms with van der Waals surface area (Å²) in [6, 6.07) is 17.3. The van der Waals surface area contributed by atoms with Crippen LogP contribution in [0.1, 0.15) is 12.0 Å². The SMILES string of the molecule is CN1CCC(c2cn(C)c3ccccc23)=C(n2[nH]c(=O)n(-c3ccccc3)c2=O)C1. The molecule has 0 atom stereocenters. The molecule has 0 saturated carbocycles. The lowest BCUT2D eigenvalue weighted by Crippen LogP contribution is -2.34. The van der Waals surface area contributed by atoms with Gasteiger partial charge in [-0.1, -0.05) is 36.4 Å². The van der Waals surface area contributed by atoms with Gasteiger partial charge in [0, 0.05) is 42.8 Å². The predicted octanol–water partition coefficient (Wildman–Crippen LogP) is 2.52. The highest BCUT2D eigenvalue weighted by molar-refractivity contribution is 5.98. The van der Waals surface area contributed by atoms with Gasteiger partial charge in [0.05, 0.1) is 11.4 Å². The van der Waals surface area contributed by atoms with Crippen LogP contribution in [0.4, 0.5) is 0 Å². The summed E-state index contributed by atoms with van der Waals surface area (Å²) in [7, 11) is 4.05. The van der Waals surface area contributed by atoms with Crippen molar-refractivity contribution in [3.05, 3.63) is 87.3 Å². The Hall–Kier alpha value is -3.58. The van der Waals surface area contributed by atoms with Gasteiger partial charge in [0.15, 0.2) is 0 Å². The standard InChI is InChI=1S/C23H23N5O2/c1-25-13-12-18(19-14-26(2)20-11-7-6-10-17(19)20)21(15-25)28-23(30)27(22(29)24-28)16-8-4-3-5-9-16/h3-11,14H,12-13,15H2,1-2H3,(H,24,29). The molecule has 7 heteroatoms. The first kappa shape index (κ1) is 18.4. The van der Waals surface area contributed by atoms with Crippen molar-refractivity contribution in [3.8, 4) is 5.69 Å². The van der Waals surface area contributed by atoms with Crippen LogP contribution in [0.25, 0.3) is 27.9 Å². The maximum Gasteiger partial charge on any atom is 0.356 e. The second-order valence-corrected chi connectivity index (χ2v) is 7.79. The minimum absolute atomic E-state index is 0.380. The second-order valence-electron chi connectivity index (χ2n) is 7.79. The fourth-order valence-corrected chi connectivity index (χ4v) is 4.32. The molecule has 1 N–H and O–H groups in total. The highest BCUT2D eigenvalue weighted by Crippen LogP contribution is 2.34. The van der Waals surface area contributed by atoms with Crippen LogP contribution in [0.5, 0.6) is 0 Å². The molecule has 1 aliphatic heterocycles. The number of aromatic nitrogens is 4. The van der Waals surface area contributed by atoms with Crippen LogP contribution >= 0.6 is 0 Å². The first-order chi connectivity index (χ1) is 14.5. The van der Waals surface area contributed by atoms with E-state index in [1.807, 2.05) is 44.4 Å². The van der Waals surface area contributed by atoms with Crippen LogP contribution in [-0.2, 0) is 7.05 Å². The van der Waals surface area contributed by atoms with E-state index in [-0.39, 0.29) is 5.69 Å². The first-order valence-electron chi connectivity index (χ1n) is 9.99. The Morgan fingerprint density at radius 3 is 2.47 bits per heavy atom. The lowest BCUT2D eigenvalue weighted by molar-refractivity contribution is 0.368. The molecule has 5 rings (SSSR count). The predicted molar refractivity (Wildman–Crippen MR) is 119 cm³/mol. The number of rotatable bonds is 3. The summed E-state index contributed by atoms with van der Waals surface area (Å²) in [4.78, 5) is 28.1. The van der Waals surface area contributed by atoms with Crippen molar-refractivity contribution in [1.29, 1.82) is 0 Å². The zero-order valence-corrected chi connectivity index (χ0v) is 17.0. The van der Waals surface area contributed by atoms with Crippen molar-refractivity contribution in [2.24, 2.45) is 7.05 Å². The number of fused-ring (bicyclic) bond motifs is 1. The Balaban J connectivity index is 1.76. The van der Waals surface area contributed by atoms with Crippen molar-refractivity contribution in [2.75, 3.05) is 20.1 Å². The number of aryl methyl sites for hydroxylation is 1. The van der Waals surface area contributed by atoms with Crippen LogP contribution < -0.4 is 11.4 Å². The van der Waals surface area contributed by atoms with Crippen LogP contribution in [-0.4, -0.2) is 44.0 Å². The summed E-state index contributed by atoms with van der Waals surface area (Å²) in [6.07, 6.45) is 2.91. The van der Waals surface area contributed by atoms with E-state index in [0.29, 0.717) is 12.2 Å². The molecule has 1 aliphatic rings. The molecule has 0 unspecified atom stereocenters. The molecular weight excluding hydrogens is 378 g/mol. The monoisotopic (exact) mass is 401 g/mol. The van der Waals surface area contributed by atoms with Gasteiger partial charge in [-0.3, -0.25) is 0 Å². The van der Waals surface area contributed by atoms with E-state index in [1.54, 1.807) is 12.1 Å². The first-order valence-corrected chi connectivity index (χ1v) is 9.99.